The van der Waals surface area contributed by atoms with Gasteiger partial charge in [-0.1, -0.05) is 0 Å². The molecule has 0 spiro atoms. The van der Waals surface area contributed by atoms with Crippen LogP contribution in [0.3, 0.4) is 0 Å². The van der Waals surface area contributed by atoms with Gasteiger partial charge in [-0.15, -0.1) is 11.8 Å². The number of thioether (sulfide) groups is 1. The van der Waals surface area contributed by atoms with Crippen molar-refractivity contribution in [3.05, 3.63) is 32.6 Å². The summed E-state index contributed by atoms with van der Waals surface area (Å²) >= 11 is 0.780. The Kier molecular flexibility index (Phi) is 2.86. The molecule has 0 amide bonds. The summed E-state index contributed by atoms with van der Waals surface area (Å²) in [6.07, 6.45) is -0.693. The van der Waals surface area contributed by atoms with Crippen LogP contribution in [0.1, 0.15) is 10.9 Å². The van der Waals surface area contributed by atoms with Crippen LogP contribution in [0, 0.1) is 6.92 Å². The first-order valence-corrected chi connectivity index (χ1v) is 5.88. The number of aryl methyl sites for hydroxylation is 1. The van der Waals surface area contributed by atoms with Gasteiger partial charge in [0, 0.05) is 17.5 Å². The number of aliphatic hydroxyl groups is 1. The molecule has 0 aliphatic carbocycles. The van der Waals surface area contributed by atoms with E-state index >= 15 is 0 Å². The van der Waals surface area contributed by atoms with Gasteiger partial charge in [0.2, 0.25) is 0 Å². The zero-order chi connectivity index (χ0) is 12.8. The summed E-state index contributed by atoms with van der Waals surface area (Å²) in [7, 11) is 0. The van der Waals surface area contributed by atoms with Gasteiger partial charge in [0.15, 0.2) is 5.37 Å². The Labute approximate surface area is 98.5 Å². The fraction of sp³-hybridized carbons (Fsp3) is 0.556. The molecule has 94 valence electrons. The number of hydrogen-bond donors (Lipinski definition) is 2. The van der Waals surface area contributed by atoms with E-state index in [0.29, 0.717) is 0 Å². The predicted molar refractivity (Wildman–Crippen MR) is 58.5 cm³/mol. The monoisotopic (exact) mass is 264 g/mol. The van der Waals surface area contributed by atoms with E-state index in [1.807, 2.05) is 4.98 Å². The number of rotatable bonds is 1. The van der Waals surface area contributed by atoms with E-state index in [2.05, 4.69) is 0 Å². The van der Waals surface area contributed by atoms with Gasteiger partial charge < -0.3 is 5.11 Å². The van der Waals surface area contributed by atoms with Gasteiger partial charge in [0.1, 0.15) is 6.10 Å². The largest absolute Gasteiger partial charge is 0.386 e. The average molecular weight is 264 g/mol. The number of nitrogens with one attached hydrogen (secondary N) is 1. The first-order valence-electron chi connectivity index (χ1n) is 4.83. The second kappa shape index (κ2) is 3.95. The van der Waals surface area contributed by atoms with Crippen LogP contribution in [0.5, 0.6) is 0 Å². The molecule has 0 radical (unpaired) electrons. The van der Waals surface area contributed by atoms with Gasteiger partial charge in [-0.25, -0.2) is 13.6 Å². The molecule has 1 fully saturated rings. The lowest BCUT2D eigenvalue weighted by Gasteiger charge is -2.22. The van der Waals surface area contributed by atoms with E-state index in [1.54, 1.807) is 0 Å². The highest BCUT2D eigenvalue weighted by Crippen LogP contribution is 2.47. The van der Waals surface area contributed by atoms with Crippen LogP contribution in [0.4, 0.5) is 8.78 Å². The normalized spacial score (nSPS) is 27.3. The van der Waals surface area contributed by atoms with Crippen molar-refractivity contribution in [2.45, 2.75) is 24.3 Å². The van der Waals surface area contributed by atoms with Crippen molar-refractivity contribution < 1.29 is 13.9 Å². The molecule has 1 aliphatic rings. The maximum atomic E-state index is 13.6. The summed E-state index contributed by atoms with van der Waals surface area (Å²) in [5.74, 6) is -3.54. The minimum atomic E-state index is -3.39. The molecule has 2 rings (SSSR count). The van der Waals surface area contributed by atoms with E-state index in [9.17, 15) is 18.4 Å². The van der Waals surface area contributed by atoms with Crippen LogP contribution in [0.25, 0.3) is 0 Å². The Bertz CT molecular complexity index is 554. The third kappa shape index (κ3) is 1.91. The topological polar surface area (TPSA) is 75.1 Å². The quantitative estimate of drug-likeness (QED) is 0.753. The van der Waals surface area contributed by atoms with E-state index < -0.39 is 28.6 Å². The molecular formula is C9H10F2N2O3S. The van der Waals surface area contributed by atoms with Crippen molar-refractivity contribution in [2.24, 2.45) is 0 Å². The number of alkyl halides is 2. The van der Waals surface area contributed by atoms with Crippen molar-refractivity contribution in [1.29, 1.82) is 0 Å². The standard InChI is InChI=1S/C9H10F2N2O3S/c1-4-2-13(8(16)12-6(4)15)7-9(10,11)5(14)3-17-7/h2,5,7,14H,3H2,1H3,(H,12,15,16)/t5-,7-/m1/s1. The lowest BCUT2D eigenvalue weighted by atomic mass is 10.2. The van der Waals surface area contributed by atoms with Crippen LogP contribution in [0.2, 0.25) is 0 Å². The second-order valence-electron chi connectivity index (χ2n) is 3.85. The lowest BCUT2D eigenvalue weighted by Crippen LogP contribution is -2.41. The van der Waals surface area contributed by atoms with E-state index in [-0.39, 0.29) is 11.3 Å². The number of hydrogen-bond acceptors (Lipinski definition) is 4. The van der Waals surface area contributed by atoms with Crippen molar-refractivity contribution >= 4 is 11.8 Å². The molecule has 1 aromatic rings. The highest BCUT2D eigenvalue weighted by Gasteiger charge is 2.53. The number of aliphatic hydroxyl groups excluding tert-OH is 1. The maximum absolute atomic E-state index is 13.6. The van der Waals surface area contributed by atoms with Gasteiger partial charge in [0.05, 0.1) is 0 Å². The SMILES string of the molecule is Cc1cn([C@@H]2SC[C@@H](O)C2(F)F)c(=O)[nH]c1=O. The number of halogens is 2. The molecule has 17 heavy (non-hydrogen) atoms. The third-order valence-corrected chi connectivity index (χ3v) is 3.95. The molecule has 0 bridgehead atoms. The van der Waals surface area contributed by atoms with E-state index in [0.717, 1.165) is 22.5 Å². The molecule has 8 heteroatoms. The minimum Gasteiger partial charge on any atom is -0.386 e. The summed E-state index contributed by atoms with van der Waals surface area (Å²) in [4.78, 5) is 24.5. The molecule has 1 saturated heterocycles. The number of H-pyrrole nitrogens is 1. The Morgan fingerprint density at radius 1 is 1.59 bits per heavy atom. The number of aromatic nitrogens is 2. The fourth-order valence-corrected chi connectivity index (χ4v) is 2.88. The Balaban J connectivity index is 2.53. The Hall–Kier alpha value is -1.15. The first-order chi connectivity index (χ1) is 7.84. The van der Waals surface area contributed by atoms with E-state index in [1.165, 1.54) is 6.92 Å². The van der Waals surface area contributed by atoms with Gasteiger partial charge >= 0.3 is 11.6 Å². The molecular weight excluding hydrogens is 254 g/mol. The summed E-state index contributed by atoms with van der Waals surface area (Å²) in [5, 5.41) is 7.66. The number of aromatic amines is 1. The third-order valence-electron chi connectivity index (χ3n) is 2.58. The minimum absolute atomic E-state index is 0.151. The van der Waals surface area contributed by atoms with Crippen molar-refractivity contribution in [2.75, 3.05) is 5.75 Å². The summed E-state index contributed by atoms with van der Waals surface area (Å²) in [6.45, 7) is 1.42. The van der Waals surface area contributed by atoms with Gasteiger partial charge in [-0.2, -0.15) is 0 Å². The molecule has 0 unspecified atom stereocenters. The van der Waals surface area contributed by atoms with Gasteiger partial charge in [-0.3, -0.25) is 14.3 Å². The van der Waals surface area contributed by atoms with Crippen LogP contribution < -0.4 is 11.2 Å². The zero-order valence-corrected chi connectivity index (χ0v) is 9.63. The first kappa shape index (κ1) is 12.3. The zero-order valence-electron chi connectivity index (χ0n) is 8.81. The van der Waals surface area contributed by atoms with Crippen LogP contribution >= 0.6 is 11.8 Å². The highest BCUT2D eigenvalue weighted by molar-refractivity contribution is 7.99. The Morgan fingerprint density at radius 2 is 2.24 bits per heavy atom. The molecule has 5 nitrogen and oxygen atoms in total. The summed E-state index contributed by atoms with van der Waals surface area (Å²) in [5.41, 5.74) is -1.33. The van der Waals surface area contributed by atoms with Crippen molar-refractivity contribution in [1.82, 2.24) is 9.55 Å². The van der Waals surface area contributed by atoms with Crippen molar-refractivity contribution in [3.8, 4) is 0 Å². The molecule has 2 atom stereocenters. The highest BCUT2D eigenvalue weighted by atomic mass is 32.2. The molecule has 1 aromatic heterocycles. The number of nitrogens with zero attached hydrogens (tertiary/aromatic N) is 1. The second-order valence-corrected chi connectivity index (χ2v) is 4.97. The molecule has 0 aromatic carbocycles. The summed E-state index contributed by atoms with van der Waals surface area (Å²) in [6, 6.07) is 0. The van der Waals surface area contributed by atoms with E-state index in [4.69, 9.17) is 5.11 Å². The fourth-order valence-electron chi connectivity index (χ4n) is 1.60. The molecule has 0 saturated carbocycles. The summed E-state index contributed by atoms with van der Waals surface area (Å²) < 4.78 is 27.9. The van der Waals surface area contributed by atoms with Crippen LogP contribution in [-0.2, 0) is 0 Å². The maximum Gasteiger partial charge on any atom is 0.329 e. The Morgan fingerprint density at radius 3 is 2.76 bits per heavy atom. The predicted octanol–water partition coefficient (Wildman–Crippen LogP) is 0.0866. The smallest absolute Gasteiger partial charge is 0.329 e. The molecule has 2 N–H and O–H groups in total. The van der Waals surface area contributed by atoms with Crippen LogP contribution in [-0.4, -0.2) is 32.4 Å². The lowest BCUT2D eigenvalue weighted by molar-refractivity contribution is -0.103. The van der Waals surface area contributed by atoms with Gasteiger partial charge in [0.25, 0.3) is 5.56 Å². The van der Waals surface area contributed by atoms with Gasteiger partial charge in [-0.05, 0) is 6.92 Å². The molecule has 1 aliphatic heterocycles. The molecule has 2 heterocycles. The average Bonchev–Trinajstić information content (AvgIpc) is 2.49. The van der Waals surface area contributed by atoms with Crippen molar-refractivity contribution in [3.63, 3.8) is 0 Å². The van der Waals surface area contributed by atoms with Crippen LogP contribution in [0.15, 0.2) is 15.8 Å².